The van der Waals surface area contributed by atoms with Gasteiger partial charge in [0.05, 0.1) is 5.56 Å². The van der Waals surface area contributed by atoms with Gasteiger partial charge < -0.3 is 0 Å². The Morgan fingerprint density at radius 1 is 0.947 bits per heavy atom. The first kappa shape index (κ1) is 13.7. The molecule has 0 unspecified atom stereocenters. The van der Waals surface area contributed by atoms with Gasteiger partial charge in [-0.25, -0.2) is 0 Å². The summed E-state index contributed by atoms with van der Waals surface area (Å²) in [6, 6.07) is 11.3. The van der Waals surface area contributed by atoms with Gasteiger partial charge in [0.1, 0.15) is 0 Å². The van der Waals surface area contributed by atoms with Gasteiger partial charge in [-0.05, 0) is 47.7 Å². The summed E-state index contributed by atoms with van der Waals surface area (Å²) in [5, 5.41) is 0. The molecular formula is C16H15F3. The Morgan fingerprint density at radius 3 is 2.11 bits per heavy atom. The predicted molar refractivity (Wildman–Crippen MR) is 71.0 cm³/mol. The van der Waals surface area contributed by atoms with Crippen LogP contribution in [0, 0.1) is 6.92 Å². The molecule has 19 heavy (non-hydrogen) atoms. The van der Waals surface area contributed by atoms with Gasteiger partial charge in [-0.3, -0.25) is 0 Å². The number of halogens is 3. The number of rotatable bonds is 2. The first-order valence-corrected chi connectivity index (χ1v) is 6.19. The van der Waals surface area contributed by atoms with Crippen LogP contribution < -0.4 is 0 Å². The van der Waals surface area contributed by atoms with E-state index < -0.39 is 11.7 Å². The molecule has 0 aliphatic heterocycles. The van der Waals surface area contributed by atoms with Crippen molar-refractivity contribution in [2.24, 2.45) is 0 Å². The Kier molecular flexibility index (Phi) is 3.65. The number of hydrogen-bond acceptors (Lipinski definition) is 0. The molecule has 0 aliphatic rings. The van der Waals surface area contributed by atoms with E-state index in [0.717, 1.165) is 29.7 Å². The summed E-state index contributed by atoms with van der Waals surface area (Å²) in [6.45, 7) is 4.07. The Labute approximate surface area is 110 Å². The van der Waals surface area contributed by atoms with E-state index in [1.807, 2.05) is 25.1 Å². The zero-order valence-electron chi connectivity index (χ0n) is 10.9. The van der Waals surface area contributed by atoms with E-state index in [1.54, 1.807) is 0 Å². The standard InChI is InChI=1S/C16H15F3/c1-3-14-11(2)5-4-6-15(14)12-7-9-13(10-8-12)16(17,18)19/h4-10H,3H2,1-2H3. The molecule has 0 nitrogen and oxygen atoms in total. The fourth-order valence-electron chi connectivity index (χ4n) is 2.28. The van der Waals surface area contributed by atoms with Crippen LogP contribution in [0.4, 0.5) is 13.2 Å². The molecule has 0 aliphatic carbocycles. The summed E-state index contributed by atoms with van der Waals surface area (Å²) >= 11 is 0. The molecule has 0 heterocycles. The lowest BCUT2D eigenvalue weighted by Gasteiger charge is -2.12. The van der Waals surface area contributed by atoms with Crippen LogP contribution >= 0.6 is 0 Å². The second-order valence-corrected chi connectivity index (χ2v) is 4.53. The molecule has 0 bridgehead atoms. The molecule has 0 aromatic heterocycles. The van der Waals surface area contributed by atoms with Crippen LogP contribution in [0.2, 0.25) is 0 Å². The van der Waals surface area contributed by atoms with Crippen LogP contribution in [-0.2, 0) is 12.6 Å². The summed E-state index contributed by atoms with van der Waals surface area (Å²) in [7, 11) is 0. The summed E-state index contributed by atoms with van der Waals surface area (Å²) in [5.41, 5.74) is 3.58. The summed E-state index contributed by atoms with van der Waals surface area (Å²) in [5.74, 6) is 0. The van der Waals surface area contributed by atoms with Crippen LogP contribution in [0.5, 0.6) is 0 Å². The minimum atomic E-state index is -4.28. The third kappa shape index (κ3) is 2.80. The van der Waals surface area contributed by atoms with Crippen LogP contribution in [0.15, 0.2) is 42.5 Å². The zero-order chi connectivity index (χ0) is 14.0. The van der Waals surface area contributed by atoms with Gasteiger partial charge in [0.25, 0.3) is 0 Å². The number of alkyl halides is 3. The van der Waals surface area contributed by atoms with Crippen LogP contribution in [0.3, 0.4) is 0 Å². The van der Waals surface area contributed by atoms with E-state index in [2.05, 4.69) is 6.92 Å². The van der Waals surface area contributed by atoms with Gasteiger partial charge in [0.2, 0.25) is 0 Å². The Hall–Kier alpha value is -1.77. The highest BCUT2D eigenvalue weighted by atomic mass is 19.4. The molecule has 0 saturated heterocycles. The molecule has 0 radical (unpaired) electrons. The lowest BCUT2D eigenvalue weighted by Crippen LogP contribution is -2.04. The van der Waals surface area contributed by atoms with Gasteiger partial charge in [-0.15, -0.1) is 0 Å². The average Bonchev–Trinajstić information content (AvgIpc) is 2.37. The average molecular weight is 264 g/mol. The van der Waals surface area contributed by atoms with Gasteiger partial charge in [-0.1, -0.05) is 37.3 Å². The Balaban J connectivity index is 2.46. The molecule has 2 aromatic carbocycles. The minimum absolute atomic E-state index is 0.609. The molecule has 2 rings (SSSR count). The number of benzene rings is 2. The van der Waals surface area contributed by atoms with Gasteiger partial charge in [-0.2, -0.15) is 13.2 Å². The second kappa shape index (κ2) is 5.08. The topological polar surface area (TPSA) is 0 Å². The molecule has 0 amide bonds. The van der Waals surface area contributed by atoms with E-state index >= 15 is 0 Å². The Bertz CT molecular complexity index is 566. The summed E-state index contributed by atoms with van der Waals surface area (Å²) in [4.78, 5) is 0. The minimum Gasteiger partial charge on any atom is -0.166 e. The van der Waals surface area contributed by atoms with Crippen molar-refractivity contribution in [1.29, 1.82) is 0 Å². The molecule has 0 fully saturated rings. The monoisotopic (exact) mass is 264 g/mol. The van der Waals surface area contributed by atoms with Crippen molar-refractivity contribution < 1.29 is 13.2 Å². The molecule has 0 spiro atoms. The fraction of sp³-hybridized carbons (Fsp3) is 0.250. The van der Waals surface area contributed by atoms with E-state index in [4.69, 9.17) is 0 Å². The number of aryl methyl sites for hydroxylation is 1. The van der Waals surface area contributed by atoms with Gasteiger partial charge >= 0.3 is 6.18 Å². The maximum atomic E-state index is 12.5. The van der Waals surface area contributed by atoms with Gasteiger partial charge in [0, 0.05) is 0 Å². The van der Waals surface area contributed by atoms with E-state index in [-0.39, 0.29) is 0 Å². The van der Waals surface area contributed by atoms with Crippen molar-refractivity contribution >= 4 is 0 Å². The van der Waals surface area contributed by atoms with Crippen molar-refractivity contribution in [3.8, 4) is 11.1 Å². The number of hydrogen-bond donors (Lipinski definition) is 0. The van der Waals surface area contributed by atoms with Crippen LogP contribution in [0.1, 0.15) is 23.6 Å². The molecular weight excluding hydrogens is 249 g/mol. The third-order valence-electron chi connectivity index (χ3n) is 3.29. The summed E-state index contributed by atoms with van der Waals surface area (Å²) in [6.07, 6.45) is -3.41. The highest BCUT2D eigenvalue weighted by Crippen LogP contribution is 2.32. The predicted octanol–water partition coefficient (Wildman–Crippen LogP) is 5.24. The molecule has 3 heteroatoms. The van der Waals surface area contributed by atoms with Crippen molar-refractivity contribution in [2.45, 2.75) is 26.4 Å². The molecule has 0 N–H and O–H groups in total. The molecule has 0 saturated carbocycles. The zero-order valence-corrected chi connectivity index (χ0v) is 10.9. The quantitative estimate of drug-likeness (QED) is 0.695. The van der Waals surface area contributed by atoms with Crippen molar-refractivity contribution in [3.05, 3.63) is 59.2 Å². The first-order chi connectivity index (χ1) is 8.93. The highest BCUT2D eigenvalue weighted by molar-refractivity contribution is 5.69. The van der Waals surface area contributed by atoms with Gasteiger partial charge in [0.15, 0.2) is 0 Å². The smallest absolute Gasteiger partial charge is 0.166 e. The fourth-order valence-corrected chi connectivity index (χ4v) is 2.28. The normalized spacial score (nSPS) is 11.6. The van der Waals surface area contributed by atoms with Crippen molar-refractivity contribution in [3.63, 3.8) is 0 Å². The first-order valence-electron chi connectivity index (χ1n) is 6.19. The van der Waals surface area contributed by atoms with Crippen molar-refractivity contribution in [1.82, 2.24) is 0 Å². The second-order valence-electron chi connectivity index (χ2n) is 4.53. The summed E-state index contributed by atoms with van der Waals surface area (Å²) < 4.78 is 37.6. The maximum Gasteiger partial charge on any atom is 0.416 e. The molecule has 2 aromatic rings. The molecule has 0 atom stereocenters. The lowest BCUT2D eigenvalue weighted by atomic mass is 9.94. The molecule has 100 valence electrons. The lowest BCUT2D eigenvalue weighted by molar-refractivity contribution is -0.137. The van der Waals surface area contributed by atoms with E-state index in [0.29, 0.717) is 0 Å². The third-order valence-corrected chi connectivity index (χ3v) is 3.29. The highest BCUT2D eigenvalue weighted by Gasteiger charge is 2.30. The van der Waals surface area contributed by atoms with Crippen molar-refractivity contribution in [2.75, 3.05) is 0 Å². The van der Waals surface area contributed by atoms with Crippen LogP contribution in [-0.4, -0.2) is 0 Å². The van der Waals surface area contributed by atoms with Crippen LogP contribution in [0.25, 0.3) is 11.1 Å². The SMILES string of the molecule is CCc1c(C)cccc1-c1ccc(C(F)(F)F)cc1. The van der Waals surface area contributed by atoms with E-state index in [1.165, 1.54) is 23.3 Å². The maximum absolute atomic E-state index is 12.5. The van der Waals surface area contributed by atoms with E-state index in [9.17, 15) is 13.2 Å². The largest absolute Gasteiger partial charge is 0.416 e. The Morgan fingerprint density at radius 2 is 1.58 bits per heavy atom.